The van der Waals surface area contributed by atoms with Gasteiger partial charge in [0.05, 0.1) is 18.3 Å². The highest BCUT2D eigenvalue weighted by atomic mass is 16.5. The molecule has 0 aromatic carbocycles. The van der Waals surface area contributed by atoms with E-state index in [2.05, 4.69) is 6.92 Å². The Morgan fingerprint density at radius 1 is 1.40 bits per heavy atom. The first kappa shape index (κ1) is 8.02. The third-order valence-corrected chi connectivity index (χ3v) is 2.40. The summed E-state index contributed by atoms with van der Waals surface area (Å²) in [5.74, 6) is 0.306. The smallest absolute Gasteiger partial charge is 0.0849 e. The summed E-state index contributed by atoms with van der Waals surface area (Å²) < 4.78 is 5.48. The minimum absolute atomic E-state index is 0.0277. The van der Waals surface area contributed by atoms with E-state index in [0.717, 1.165) is 6.42 Å². The Morgan fingerprint density at radius 3 is 2.20 bits per heavy atom. The maximum atomic E-state index is 9.44. The lowest BCUT2D eigenvalue weighted by atomic mass is 9.98. The van der Waals surface area contributed by atoms with Gasteiger partial charge in [-0.2, -0.15) is 0 Å². The van der Waals surface area contributed by atoms with Gasteiger partial charge in [0.1, 0.15) is 0 Å². The highest BCUT2D eigenvalue weighted by Gasteiger charge is 2.36. The molecule has 1 aliphatic heterocycles. The minimum atomic E-state index is -0.259. The van der Waals surface area contributed by atoms with Gasteiger partial charge in [0, 0.05) is 5.92 Å². The van der Waals surface area contributed by atoms with E-state index in [1.807, 2.05) is 13.8 Å². The van der Waals surface area contributed by atoms with Gasteiger partial charge in [-0.1, -0.05) is 13.8 Å². The van der Waals surface area contributed by atoms with Crippen LogP contribution in [0.15, 0.2) is 0 Å². The van der Waals surface area contributed by atoms with Crippen LogP contribution in [0.3, 0.4) is 0 Å². The van der Waals surface area contributed by atoms with E-state index >= 15 is 0 Å². The van der Waals surface area contributed by atoms with Gasteiger partial charge in [-0.05, 0) is 13.3 Å². The fraction of sp³-hybridized carbons (Fsp3) is 1.00. The lowest BCUT2D eigenvalue weighted by Crippen LogP contribution is -2.23. The van der Waals surface area contributed by atoms with Crippen molar-refractivity contribution in [3.05, 3.63) is 0 Å². The summed E-state index contributed by atoms with van der Waals surface area (Å²) in [7, 11) is 0. The molecule has 0 aliphatic carbocycles. The van der Waals surface area contributed by atoms with E-state index in [0.29, 0.717) is 5.92 Å². The van der Waals surface area contributed by atoms with Crippen molar-refractivity contribution < 1.29 is 9.84 Å². The largest absolute Gasteiger partial charge is 0.390 e. The minimum Gasteiger partial charge on any atom is -0.390 e. The first-order valence-corrected chi connectivity index (χ1v) is 4.00. The number of hydrogen-bond acceptors (Lipinski definition) is 2. The second kappa shape index (κ2) is 2.89. The molecular weight excluding hydrogens is 128 g/mol. The van der Waals surface area contributed by atoms with E-state index in [4.69, 9.17) is 4.74 Å². The molecule has 1 heterocycles. The quantitative estimate of drug-likeness (QED) is 0.599. The Hall–Kier alpha value is -0.0800. The lowest BCUT2D eigenvalue weighted by Gasteiger charge is -2.12. The molecular formula is C8H16O2. The van der Waals surface area contributed by atoms with Gasteiger partial charge in [-0.3, -0.25) is 0 Å². The van der Waals surface area contributed by atoms with Crippen molar-refractivity contribution in [1.82, 2.24) is 0 Å². The van der Waals surface area contributed by atoms with Crippen LogP contribution in [0.4, 0.5) is 0 Å². The summed E-state index contributed by atoms with van der Waals surface area (Å²) in [6.45, 7) is 6.06. The van der Waals surface area contributed by atoms with Gasteiger partial charge in [-0.25, -0.2) is 0 Å². The van der Waals surface area contributed by atoms with Gasteiger partial charge in [0.25, 0.3) is 0 Å². The molecule has 1 N–H and O–H groups in total. The molecule has 2 unspecified atom stereocenters. The highest BCUT2D eigenvalue weighted by molar-refractivity contribution is 4.84. The highest BCUT2D eigenvalue weighted by Crippen LogP contribution is 2.27. The first-order chi connectivity index (χ1) is 4.66. The van der Waals surface area contributed by atoms with E-state index < -0.39 is 0 Å². The zero-order chi connectivity index (χ0) is 7.72. The lowest BCUT2D eigenvalue weighted by molar-refractivity contribution is 0.0209. The van der Waals surface area contributed by atoms with Crippen molar-refractivity contribution in [3.63, 3.8) is 0 Å². The molecule has 0 spiro atoms. The number of aliphatic hydroxyl groups is 1. The molecule has 0 amide bonds. The summed E-state index contributed by atoms with van der Waals surface area (Å²) in [6.07, 6.45) is 1.04. The Bertz CT molecular complexity index is 114. The molecule has 4 atom stereocenters. The van der Waals surface area contributed by atoms with Crippen LogP contribution in [0.2, 0.25) is 0 Å². The molecule has 0 aromatic heterocycles. The Morgan fingerprint density at radius 2 is 2.00 bits per heavy atom. The third kappa shape index (κ3) is 1.18. The summed E-state index contributed by atoms with van der Waals surface area (Å²) in [6, 6.07) is 0. The predicted molar refractivity (Wildman–Crippen MR) is 39.8 cm³/mol. The summed E-state index contributed by atoms with van der Waals surface area (Å²) in [4.78, 5) is 0. The average molecular weight is 144 g/mol. The van der Waals surface area contributed by atoms with Crippen LogP contribution in [-0.2, 0) is 4.74 Å². The molecule has 1 fully saturated rings. The SMILES string of the molecule is CC[C@H]1O[C@@H](C)C(O)C1C. The molecule has 0 aromatic rings. The summed E-state index contributed by atoms with van der Waals surface area (Å²) in [5.41, 5.74) is 0. The van der Waals surface area contributed by atoms with Gasteiger partial charge in [-0.15, -0.1) is 0 Å². The van der Waals surface area contributed by atoms with Crippen LogP contribution in [0.1, 0.15) is 27.2 Å². The van der Waals surface area contributed by atoms with Crippen LogP contribution in [0.5, 0.6) is 0 Å². The van der Waals surface area contributed by atoms with Crippen LogP contribution in [-0.4, -0.2) is 23.4 Å². The fourth-order valence-electron chi connectivity index (χ4n) is 1.60. The van der Waals surface area contributed by atoms with Crippen LogP contribution < -0.4 is 0 Å². The van der Waals surface area contributed by atoms with Crippen LogP contribution in [0, 0.1) is 5.92 Å². The second-order valence-electron chi connectivity index (χ2n) is 3.14. The van der Waals surface area contributed by atoms with E-state index in [9.17, 15) is 5.11 Å². The molecule has 0 radical (unpaired) electrons. The normalized spacial score (nSPS) is 48.0. The van der Waals surface area contributed by atoms with Crippen molar-refractivity contribution in [1.29, 1.82) is 0 Å². The predicted octanol–water partition coefficient (Wildman–Crippen LogP) is 1.18. The third-order valence-electron chi connectivity index (χ3n) is 2.40. The molecule has 10 heavy (non-hydrogen) atoms. The Kier molecular flexibility index (Phi) is 2.32. The van der Waals surface area contributed by atoms with E-state index in [-0.39, 0.29) is 18.3 Å². The van der Waals surface area contributed by atoms with Gasteiger partial charge in [0.2, 0.25) is 0 Å². The van der Waals surface area contributed by atoms with Crippen molar-refractivity contribution in [3.8, 4) is 0 Å². The maximum Gasteiger partial charge on any atom is 0.0849 e. The average Bonchev–Trinajstić information content (AvgIpc) is 2.17. The Balaban J connectivity index is 2.53. The number of rotatable bonds is 1. The first-order valence-electron chi connectivity index (χ1n) is 4.00. The second-order valence-corrected chi connectivity index (χ2v) is 3.14. The molecule has 2 heteroatoms. The molecule has 1 rings (SSSR count). The molecule has 1 aliphatic rings. The molecule has 0 bridgehead atoms. The molecule has 1 saturated heterocycles. The van der Waals surface area contributed by atoms with Crippen LogP contribution in [0.25, 0.3) is 0 Å². The fourth-order valence-corrected chi connectivity index (χ4v) is 1.60. The number of hydrogen-bond donors (Lipinski definition) is 1. The van der Waals surface area contributed by atoms with Crippen molar-refractivity contribution in [2.24, 2.45) is 5.92 Å². The molecule has 2 nitrogen and oxygen atoms in total. The standard InChI is InChI=1S/C8H16O2/c1-4-7-5(2)8(9)6(3)10-7/h5-9H,4H2,1-3H3/t5?,6-,7+,8?/m0/s1. The monoisotopic (exact) mass is 144 g/mol. The summed E-state index contributed by atoms with van der Waals surface area (Å²) in [5, 5.41) is 9.44. The molecule has 60 valence electrons. The zero-order valence-electron chi connectivity index (χ0n) is 6.87. The van der Waals surface area contributed by atoms with Gasteiger partial charge >= 0.3 is 0 Å². The van der Waals surface area contributed by atoms with Crippen molar-refractivity contribution in [2.45, 2.75) is 45.5 Å². The number of aliphatic hydroxyl groups excluding tert-OH is 1. The Labute approximate surface area is 62.2 Å². The van der Waals surface area contributed by atoms with Crippen molar-refractivity contribution in [2.75, 3.05) is 0 Å². The van der Waals surface area contributed by atoms with E-state index in [1.165, 1.54) is 0 Å². The van der Waals surface area contributed by atoms with Crippen LogP contribution >= 0.6 is 0 Å². The summed E-state index contributed by atoms with van der Waals surface area (Å²) >= 11 is 0. The number of ether oxygens (including phenoxy) is 1. The van der Waals surface area contributed by atoms with Crippen molar-refractivity contribution >= 4 is 0 Å². The molecule has 0 saturated carbocycles. The van der Waals surface area contributed by atoms with E-state index in [1.54, 1.807) is 0 Å². The van der Waals surface area contributed by atoms with Gasteiger partial charge < -0.3 is 9.84 Å². The maximum absolute atomic E-state index is 9.44. The zero-order valence-corrected chi connectivity index (χ0v) is 6.87. The van der Waals surface area contributed by atoms with Gasteiger partial charge in [0.15, 0.2) is 0 Å². The topological polar surface area (TPSA) is 29.5 Å².